The highest BCUT2D eigenvalue weighted by molar-refractivity contribution is 5.95. The number of nitrogens with one attached hydrogen (secondary N) is 1. The summed E-state index contributed by atoms with van der Waals surface area (Å²) in [5, 5.41) is 2.50. The van der Waals surface area contributed by atoms with E-state index in [4.69, 9.17) is 0 Å². The average molecular weight is 346 g/mol. The number of anilines is 2. The van der Waals surface area contributed by atoms with Crippen LogP contribution >= 0.6 is 0 Å². The zero-order valence-corrected chi connectivity index (χ0v) is 14.4. The van der Waals surface area contributed by atoms with Gasteiger partial charge >= 0.3 is 0 Å². The fourth-order valence-electron chi connectivity index (χ4n) is 2.49. The van der Waals surface area contributed by atoms with Gasteiger partial charge in [-0.2, -0.15) is 0 Å². The summed E-state index contributed by atoms with van der Waals surface area (Å²) in [5.74, 6) is -2.56. The number of hydrogen-bond acceptors (Lipinski definition) is 2. The molecule has 0 saturated heterocycles. The molecule has 0 saturated carbocycles. The third kappa shape index (κ3) is 4.62. The van der Waals surface area contributed by atoms with Crippen LogP contribution in [0.1, 0.15) is 24.5 Å². The molecule has 1 N–H and O–H groups in total. The van der Waals surface area contributed by atoms with Crippen molar-refractivity contribution in [3.63, 3.8) is 0 Å². The Balaban J connectivity index is 2.05. The summed E-state index contributed by atoms with van der Waals surface area (Å²) in [7, 11) is 0. The number of hydrogen-bond donors (Lipinski definition) is 1. The zero-order chi connectivity index (χ0) is 18.6. The van der Waals surface area contributed by atoms with Gasteiger partial charge in [-0.05, 0) is 43.2 Å². The predicted octanol–water partition coefficient (Wildman–Crippen LogP) is 3.96. The molecule has 0 aliphatic rings. The van der Waals surface area contributed by atoms with Crippen molar-refractivity contribution in [1.29, 1.82) is 0 Å². The number of aryl methyl sites for hydroxylation is 1. The maximum absolute atomic E-state index is 13.2. The first-order valence-corrected chi connectivity index (χ1v) is 7.89. The third-order valence-electron chi connectivity index (χ3n) is 4.01. The van der Waals surface area contributed by atoms with Crippen LogP contribution in [0.5, 0.6) is 0 Å². The summed E-state index contributed by atoms with van der Waals surface area (Å²) < 4.78 is 26.1. The maximum atomic E-state index is 13.2. The molecule has 6 heteroatoms. The molecule has 2 aromatic carbocycles. The first kappa shape index (κ1) is 18.6. The average Bonchev–Trinajstić information content (AvgIpc) is 2.54. The molecule has 132 valence electrons. The second-order valence-electron chi connectivity index (χ2n) is 5.82. The molecule has 0 aliphatic carbocycles. The topological polar surface area (TPSA) is 49.4 Å². The number of halogens is 2. The Morgan fingerprint density at radius 2 is 1.80 bits per heavy atom. The van der Waals surface area contributed by atoms with E-state index >= 15 is 0 Å². The summed E-state index contributed by atoms with van der Waals surface area (Å²) in [4.78, 5) is 25.6. The molecular weight excluding hydrogens is 326 g/mol. The Morgan fingerprint density at radius 3 is 2.44 bits per heavy atom. The van der Waals surface area contributed by atoms with Crippen LogP contribution in [-0.4, -0.2) is 18.4 Å². The molecule has 4 nitrogen and oxygen atoms in total. The molecule has 0 spiro atoms. The highest BCUT2D eigenvalue weighted by atomic mass is 19.2. The molecular formula is C19H20F2N2O2. The summed E-state index contributed by atoms with van der Waals surface area (Å²) in [6.45, 7) is 5.50. The van der Waals surface area contributed by atoms with E-state index in [0.717, 1.165) is 28.9 Å². The molecule has 0 fully saturated rings. The zero-order valence-electron chi connectivity index (χ0n) is 14.4. The molecule has 0 heterocycles. The van der Waals surface area contributed by atoms with Gasteiger partial charge in [0.1, 0.15) is 0 Å². The first-order chi connectivity index (χ1) is 11.8. The molecule has 0 radical (unpaired) electrons. The standard InChI is InChI=1S/C19H20F2N2O2/c1-12-5-4-6-18(13(12)2)23(14(3)24)10-9-19(25)22-15-7-8-16(20)17(21)11-15/h4-8,11H,9-10H2,1-3H3,(H,22,25). The molecule has 0 unspecified atom stereocenters. The molecule has 2 rings (SSSR count). The van der Waals surface area contributed by atoms with Crippen molar-refractivity contribution in [1.82, 2.24) is 0 Å². The Morgan fingerprint density at radius 1 is 1.08 bits per heavy atom. The van der Waals surface area contributed by atoms with Crippen LogP contribution in [-0.2, 0) is 9.59 Å². The SMILES string of the molecule is CC(=O)N(CCC(=O)Nc1ccc(F)c(F)c1)c1cccc(C)c1C. The quantitative estimate of drug-likeness (QED) is 0.891. The smallest absolute Gasteiger partial charge is 0.226 e. The highest BCUT2D eigenvalue weighted by Crippen LogP contribution is 2.23. The van der Waals surface area contributed by atoms with E-state index in [1.54, 1.807) is 0 Å². The van der Waals surface area contributed by atoms with Gasteiger partial charge in [0.2, 0.25) is 11.8 Å². The lowest BCUT2D eigenvalue weighted by atomic mass is 10.1. The second-order valence-corrected chi connectivity index (χ2v) is 5.82. The first-order valence-electron chi connectivity index (χ1n) is 7.89. The van der Waals surface area contributed by atoms with Gasteiger partial charge in [-0.15, -0.1) is 0 Å². The minimum Gasteiger partial charge on any atom is -0.326 e. The van der Waals surface area contributed by atoms with E-state index in [2.05, 4.69) is 5.32 Å². The number of rotatable bonds is 5. The van der Waals surface area contributed by atoms with Gasteiger partial charge in [0.15, 0.2) is 11.6 Å². The van der Waals surface area contributed by atoms with Gasteiger partial charge in [0.05, 0.1) is 0 Å². The fraction of sp³-hybridized carbons (Fsp3) is 0.263. The molecule has 2 aromatic rings. The van der Waals surface area contributed by atoms with Crippen LogP contribution in [0.15, 0.2) is 36.4 Å². The minimum absolute atomic E-state index is 0.0337. The van der Waals surface area contributed by atoms with Gasteiger partial charge in [-0.3, -0.25) is 9.59 Å². The Hall–Kier alpha value is -2.76. The fourth-order valence-corrected chi connectivity index (χ4v) is 2.49. The second kappa shape index (κ2) is 7.88. The van der Waals surface area contributed by atoms with Gasteiger partial charge < -0.3 is 10.2 Å². The lowest BCUT2D eigenvalue weighted by Crippen LogP contribution is -2.32. The number of carbonyl (C=O) groups excluding carboxylic acids is 2. The van der Waals surface area contributed by atoms with Gasteiger partial charge in [-0.1, -0.05) is 12.1 Å². The molecule has 25 heavy (non-hydrogen) atoms. The molecule has 2 amide bonds. The van der Waals surface area contributed by atoms with Crippen molar-refractivity contribution < 1.29 is 18.4 Å². The molecule has 0 aromatic heterocycles. The minimum atomic E-state index is -1.03. The lowest BCUT2D eigenvalue weighted by molar-refractivity contribution is -0.117. The van der Waals surface area contributed by atoms with Crippen molar-refractivity contribution >= 4 is 23.2 Å². The maximum Gasteiger partial charge on any atom is 0.226 e. The van der Waals surface area contributed by atoms with Crippen molar-refractivity contribution in [3.05, 3.63) is 59.2 Å². The van der Waals surface area contributed by atoms with Crippen LogP contribution in [0, 0.1) is 25.5 Å². The molecule has 0 atom stereocenters. The van der Waals surface area contributed by atoms with Crippen LogP contribution in [0.3, 0.4) is 0 Å². The summed E-state index contributed by atoms with van der Waals surface area (Å²) in [6.07, 6.45) is 0.0337. The predicted molar refractivity (Wildman–Crippen MR) is 93.5 cm³/mol. The molecule has 0 bridgehead atoms. The summed E-state index contributed by atoms with van der Waals surface area (Å²) >= 11 is 0. The molecule has 0 aliphatic heterocycles. The van der Waals surface area contributed by atoms with Crippen LogP contribution in [0.25, 0.3) is 0 Å². The van der Waals surface area contributed by atoms with Gasteiger partial charge in [0, 0.05) is 37.3 Å². The van der Waals surface area contributed by atoms with Crippen LogP contribution in [0.2, 0.25) is 0 Å². The number of benzene rings is 2. The van der Waals surface area contributed by atoms with Crippen molar-refractivity contribution in [2.75, 3.05) is 16.8 Å². The van der Waals surface area contributed by atoms with E-state index in [1.807, 2.05) is 32.0 Å². The van der Waals surface area contributed by atoms with E-state index in [-0.39, 0.29) is 30.5 Å². The monoisotopic (exact) mass is 346 g/mol. The van der Waals surface area contributed by atoms with Gasteiger partial charge in [-0.25, -0.2) is 8.78 Å². The largest absolute Gasteiger partial charge is 0.326 e. The van der Waals surface area contributed by atoms with Crippen molar-refractivity contribution in [2.45, 2.75) is 27.2 Å². The normalized spacial score (nSPS) is 10.4. The Kier molecular flexibility index (Phi) is 5.85. The third-order valence-corrected chi connectivity index (χ3v) is 4.01. The lowest BCUT2D eigenvalue weighted by Gasteiger charge is -2.23. The van der Waals surface area contributed by atoms with Crippen LogP contribution in [0.4, 0.5) is 20.2 Å². The Bertz CT molecular complexity index is 806. The number of carbonyl (C=O) groups is 2. The summed E-state index contributed by atoms with van der Waals surface area (Å²) in [5.41, 5.74) is 2.95. The van der Waals surface area contributed by atoms with Crippen LogP contribution < -0.4 is 10.2 Å². The van der Waals surface area contributed by atoms with Crippen molar-refractivity contribution in [3.8, 4) is 0 Å². The number of amides is 2. The highest BCUT2D eigenvalue weighted by Gasteiger charge is 2.16. The van der Waals surface area contributed by atoms with Crippen molar-refractivity contribution in [2.24, 2.45) is 0 Å². The van der Waals surface area contributed by atoms with E-state index < -0.39 is 11.6 Å². The van der Waals surface area contributed by atoms with E-state index in [9.17, 15) is 18.4 Å². The Labute approximate surface area is 145 Å². The number of nitrogens with zero attached hydrogens (tertiary/aromatic N) is 1. The van der Waals surface area contributed by atoms with E-state index in [0.29, 0.717) is 0 Å². The van der Waals surface area contributed by atoms with Gasteiger partial charge in [0.25, 0.3) is 0 Å². The summed E-state index contributed by atoms with van der Waals surface area (Å²) in [6, 6.07) is 8.78. The van der Waals surface area contributed by atoms with E-state index in [1.165, 1.54) is 17.9 Å².